The van der Waals surface area contributed by atoms with Crippen molar-refractivity contribution >= 4 is 23.9 Å². The Morgan fingerprint density at radius 3 is 1.38 bits per heavy atom. The van der Waals surface area contributed by atoms with Crippen molar-refractivity contribution in [1.82, 2.24) is 0 Å². The Kier molecular flexibility index (Phi) is 6.46. The maximum atomic E-state index is 12.3. The van der Waals surface area contributed by atoms with Gasteiger partial charge in [0.15, 0.2) is 0 Å². The molecule has 2 aliphatic rings. The summed E-state index contributed by atoms with van der Waals surface area (Å²) in [7, 11) is 0. The van der Waals surface area contributed by atoms with E-state index in [1.54, 1.807) is 0 Å². The van der Waals surface area contributed by atoms with E-state index < -0.39 is 40.9 Å². The number of carbonyl (C=O) groups excluding carboxylic acids is 4. The fourth-order valence-corrected chi connectivity index (χ4v) is 4.15. The Hall–Kier alpha value is -3.16. The molecule has 1 atom stereocenters. The summed E-state index contributed by atoms with van der Waals surface area (Å²) in [6.45, 7) is 13.4. The molecule has 2 saturated carbocycles. The normalized spacial score (nSPS) is 21.8. The fraction of sp³-hybridized carbons (Fsp3) is 0.429. The monoisotopic (exact) mass is 404 g/mol. The number of rotatable bonds is 9. The average molecular weight is 404 g/mol. The average Bonchev–Trinajstić information content (AvgIpc) is 3.08. The Bertz CT molecular complexity index is 706. The van der Waals surface area contributed by atoms with Gasteiger partial charge in [-0.25, -0.2) is 19.2 Å². The first kappa shape index (κ1) is 22.1. The third-order valence-corrected chi connectivity index (χ3v) is 5.49. The zero-order valence-electron chi connectivity index (χ0n) is 16.1. The topological polar surface area (TPSA) is 105 Å². The SMILES string of the molecule is C=CC(=O)OC(OC(=O)C=C)(OC(=O)C=C)C1(OC(=O)C=C)CCCC12CCC2. The lowest BCUT2D eigenvalue weighted by molar-refractivity contribution is -0.411. The van der Waals surface area contributed by atoms with Crippen molar-refractivity contribution in [3.63, 3.8) is 0 Å². The largest absolute Gasteiger partial charge is 0.467 e. The molecule has 0 amide bonds. The maximum absolute atomic E-state index is 12.3. The van der Waals surface area contributed by atoms with Gasteiger partial charge in [0, 0.05) is 29.7 Å². The molecule has 0 aliphatic heterocycles. The van der Waals surface area contributed by atoms with E-state index in [0.717, 1.165) is 30.7 Å². The van der Waals surface area contributed by atoms with Crippen molar-refractivity contribution < 1.29 is 38.1 Å². The van der Waals surface area contributed by atoms with E-state index >= 15 is 0 Å². The molecule has 0 aromatic heterocycles. The molecule has 29 heavy (non-hydrogen) atoms. The van der Waals surface area contributed by atoms with Crippen LogP contribution in [0.2, 0.25) is 0 Å². The van der Waals surface area contributed by atoms with Crippen LogP contribution in [0.5, 0.6) is 0 Å². The Morgan fingerprint density at radius 2 is 1.03 bits per heavy atom. The second-order valence-corrected chi connectivity index (χ2v) is 6.87. The molecule has 0 N–H and O–H groups in total. The highest BCUT2D eigenvalue weighted by Gasteiger charge is 2.77. The predicted octanol–water partition coefficient (Wildman–Crippen LogP) is 2.65. The van der Waals surface area contributed by atoms with Gasteiger partial charge in [-0.05, 0) is 32.1 Å². The molecule has 0 aromatic carbocycles. The lowest BCUT2D eigenvalue weighted by Crippen LogP contribution is -2.70. The Balaban J connectivity index is 2.75. The third-order valence-electron chi connectivity index (χ3n) is 5.49. The van der Waals surface area contributed by atoms with Gasteiger partial charge in [-0.3, -0.25) is 0 Å². The number of hydrogen-bond acceptors (Lipinski definition) is 8. The van der Waals surface area contributed by atoms with Crippen LogP contribution in [0.4, 0.5) is 0 Å². The minimum Gasteiger partial charge on any atom is -0.442 e. The summed E-state index contributed by atoms with van der Waals surface area (Å²) in [4.78, 5) is 48.9. The lowest BCUT2D eigenvalue weighted by atomic mass is 9.59. The Labute approximate surface area is 168 Å². The van der Waals surface area contributed by atoms with E-state index in [1.165, 1.54) is 0 Å². The van der Waals surface area contributed by atoms with Crippen molar-refractivity contribution in [2.45, 2.75) is 50.1 Å². The number of ether oxygens (including phenoxy) is 4. The van der Waals surface area contributed by atoms with Crippen molar-refractivity contribution in [1.29, 1.82) is 0 Å². The summed E-state index contributed by atoms with van der Waals surface area (Å²) in [6.07, 6.45) is 6.59. The van der Waals surface area contributed by atoms with Crippen LogP contribution in [0.15, 0.2) is 50.6 Å². The molecule has 1 unspecified atom stereocenters. The van der Waals surface area contributed by atoms with Crippen LogP contribution >= 0.6 is 0 Å². The van der Waals surface area contributed by atoms with Crippen molar-refractivity contribution in [2.75, 3.05) is 0 Å². The van der Waals surface area contributed by atoms with E-state index in [2.05, 4.69) is 26.3 Å². The van der Waals surface area contributed by atoms with E-state index in [-0.39, 0.29) is 6.42 Å². The second kappa shape index (κ2) is 8.46. The first-order valence-corrected chi connectivity index (χ1v) is 9.15. The molecular formula is C21H24O8. The van der Waals surface area contributed by atoms with Gasteiger partial charge in [-0.15, -0.1) is 0 Å². The van der Waals surface area contributed by atoms with Gasteiger partial charge in [0.1, 0.15) is 0 Å². The van der Waals surface area contributed by atoms with Crippen molar-refractivity contribution in [3.8, 4) is 0 Å². The van der Waals surface area contributed by atoms with Crippen LogP contribution in [-0.2, 0) is 38.1 Å². The van der Waals surface area contributed by atoms with Crippen LogP contribution in [0.1, 0.15) is 38.5 Å². The molecule has 0 aromatic rings. The molecular weight excluding hydrogens is 380 g/mol. The van der Waals surface area contributed by atoms with E-state index in [0.29, 0.717) is 25.7 Å². The zero-order chi connectivity index (χ0) is 21.7. The van der Waals surface area contributed by atoms with Gasteiger partial charge in [-0.1, -0.05) is 32.7 Å². The molecule has 0 bridgehead atoms. The predicted molar refractivity (Wildman–Crippen MR) is 101 cm³/mol. The molecule has 1 spiro atoms. The van der Waals surface area contributed by atoms with Gasteiger partial charge < -0.3 is 18.9 Å². The molecule has 0 radical (unpaired) electrons. The number of esters is 4. The molecule has 0 saturated heterocycles. The summed E-state index contributed by atoms with van der Waals surface area (Å²) in [5.41, 5.74) is -2.50. The molecule has 8 heteroatoms. The molecule has 156 valence electrons. The number of hydrogen-bond donors (Lipinski definition) is 0. The summed E-state index contributed by atoms with van der Waals surface area (Å²) >= 11 is 0. The summed E-state index contributed by atoms with van der Waals surface area (Å²) in [5.74, 6) is -6.68. The quantitative estimate of drug-likeness (QED) is 0.328. The summed E-state index contributed by atoms with van der Waals surface area (Å²) < 4.78 is 21.8. The van der Waals surface area contributed by atoms with Crippen LogP contribution in [0, 0.1) is 5.41 Å². The highest BCUT2D eigenvalue weighted by molar-refractivity contribution is 5.86. The second-order valence-electron chi connectivity index (χ2n) is 6.87. The highest BCUT2D eigenvalue weighted by Crippen LogP contribution is 2.65. The molecule has 8 nitrogen and oxygen atoms in total. The number of carbonyl (C=O) groups is 4. The minimum absolute atomic E-state index is 0.117. The van der Waals surface area contributed by atoms with E-state index in [9.17, 15) is 19.2 Å². The fourth-order valence-electron chi connectivity index (χ4n) is 4.15. The van der Waals surface area contributed by atoms with E-state index in [4.69, 9.17) is 18.9 Å². The van der Waals surface area contributed by atoms with Crippen molar-refractivity contribution in [2.24, 2.45) is 5.41 Å². The first-order valence-electron chi connectivity index (χ1n) is 9.15. The summed E-state index contributed by atoms with van der Waals surface area (Å²) in [6, 6.07) is 0. The van der Waals surface area contributed by atoms with Gasteiger partial charge in [-0.2, -0.15) is 0 Å². The Morgan fingerprint density at radius 1 is 0.655 bits per heavy atom. The van der Waals surface area contributed by atoms with Gasteiger partial charge in [0.2, 0.25) is 5.60 Å². The van der Waals surface area contributed by atoms with Crippen LogP contribution < -0.4 is 0 Å². The lowest BCUT2D eigenvalue weighted by Gasteiger charge is -2.55. The molecule has 2 aliphatic carbocycles. The van der Waals surface area contributed by atoms with Crippen LogP contribution in [-0.4, -0.2) is 35.5 Å². The van der Waals surface area contributed by atoms with Gasteiger partial charge in [0.05, 0.1) is 0 Å². The molecule has 2 fully saturated rings. The van der Waals surface area contributed by atoms with Gasteiger partial charge in [0.25, 0.3) is 0 Å². The van der Waals surface area contributed by atoms with Crippen molar-refractivity contribution in [3.05, 3.63) is 50.6 Å². The van der Waals surface area contributed by atoms with Gasteiger partial charge >= 0.3 is 29.9 Å². The smallest absolute Gasteiger partial charge is 0.442 e. The third kappa shape index (κ3) is 3.74. The molecule has 0 heterocycles. The van der Waals surface area contributed by atoms with Crippen LogP contribution in [0.25, 0.3) is 0 Å². The minimum atomic E-state index is -2.69. The summed E-state index contributed by atoms with van der Waals surface area (Å²) in [5, 5.41) is 0. The van der Waals surface area contributed by atoms with Crippen LogP contribution in [0.3, 0.4) is 0 Å². The highest BCUT2D eigenvalue weighted by atomic mass is 16.9. The zero-order valence-corrected chi connectivity index (χ0v) is 16.1. The molecule has 2 rings (SSSR count). The standard InChI is InChI=1S/C21H24O8/c1-5-15(22)26-20(14-10-13-19(20)11-9-12-19)21(27-16(23)6-2,28-17(24)7-3)29-18(25)8-4/h5-8H,1-4,9-14H2. The first-order chi connectivity index (χ1) is 13.7. The maximum Gasteiger partial charge on any atom is 0.467 e. The van der Waals surface area contributed by atoms with E-state index in [1.807, 2.05) is 0 Å².